The Morgan fingerprint density at radius 1 is 1.15 bits per heavy atom. The summed E-state index contributed by atoms with van der Waals surface area (Å²) in [5.74, 6) is 1.15. The molecule has 5 aromatic rings. The second kappa shape index (κ2) is 11.8. The van der Waals surface area contributed by atoms with Crippen LogP contribution in [0.1, 0.15) is 17.5 Å². The smallest absolute Gasteiger partial charge is 0.200 e. The number of piperidine rings is 1. The standard InChI is InChI=1S/C30H29FN8O2/c1-41-22-7-5-20(6-8-22)16-34-25-11-14-38(19-27(25)40)18-21-10-15-39-28(21)30(35-24-9-13-32-17-23(24)31)36-29(37-39)26-4-2-3-12-33-26/h2-10,12-13,15-17,25,27,40H,11,14,18-19H2,1H3,(H,32,35,36,37). The molecule has 2 atom stereocenters. The van der Waals surface area contributed by atoms with Crippen molar-refractivity contribution >= 4 is 23.2 Å². The minimum absolute atomic E-state index is 0.185. The number of methoxy groups -OCH3 is 1. The predicted octanol–water partition coefficient (Wildman–Crippen LogP) is 4.13. The minimum atomic E-state index is -0.609. The summed E-state index contributed by atoms with van der Waals surface area (Å²) in [5.41, 5.74) is 3.47. The van der Waals surface area contributed by atoms with Crippen molar-refractivity contribution in [2.45, 2.75) is 25.1 Å². The van der Waals surface area contributed by atoms with Crippen molar-refractivity contribution in [3.8, 4) is 17.3 Å². The van der Waals surface area contributed by atoms with Crippen molar-refractivity contribution < 1.29 is 14.2 Å². The highest BCUT2D eigenvalue weighted by molar-refractivity contribution is 5.80. The van der Waals surface area contributed by atoms with Crippen LogP contribution in [0.25, 0.3) is 17.0 Å². The minimum Gasteiger partial charge on any atom is -0.497 e. The van der Waals surface area contributed by atoms with Gasteiger partial charge in [-0.05, 0) is 66.1 Å². The molecule has 0 radical (unpaired) electrons. The van der Waals surface area contributed by atoms with Crippen molar-refractivity contribution in [3.63, 3.8) is 0 Å². The van der Waals surface area contributed by atoms with E-state index in [1.54, 1.807) is 30.1 Å². The number of ether oxygens (including phenoxy) is 1. The van der Waals surface area contributed by atoms with Gasteiger partial charge in [-0.2, -0.15) is 0 Å². The highest BCUT2D eigenvalue weighted by atomic mass is 19.1. The van der Waals surface area contributed by atoms with Crippen LogP contribution in [0.5, 0.6) is 5.75 Å². The second-order valence-electron chi connectivity index (χ2n) is 9.82. The molecule has 1 aliphatic rings. The molecule has 1 fully saturated rings. The fourth-order valence-corrected chi connectivity index (χ4v) is 4.93. The van der Waals surface area contributed by atoms with E-state index in [-0.39, 0.29) is 11.7 Å². The summed E-state index contributed by atoms with van der Waals surface area (Å²) in [5, 5.41) is 18.7. The molecule has 41 heavy (non-hydrogen) atoms. The van der Waals surface area contributed by atoms with Gasteiger partial charge in [-0.3, -0.25) is 19.9 Å². The van der Waals surface area contributed by atoms with E-state index in [4.69, 9.17) is 9.72 Å². The van der Waals surface area contributed by atoms with Crippen LogP contribution >= 0.6 is 0 Å². The first-order chi connectivity index (χ1) is 20.1. The molecule has 2 N–H and O–H groups in total. The van der Waals surface area contributed by atoms with Crippen LogP contribution in [0, 0.1) is 5.82 Å². The third-order valence-corrected chi connectivity index (χ3v) is 7.07. The number of anilines is 2. The first-order valence-electron chi connectivity index (χ1n) is 13.3. The Bertz CT molecular complexity index is 1660. The molecule has 4 aromatic heterocycles. The van der Waals surface area contributed by atoms with Crippen LogP contribution in [-0.2, 0) is 6.54 Å². The lowest BCUT2D eigenvalue weighted by Gasteiger charge is -2.34. The Hall–Kier alpha value is -4.74. The van der Waals surface area contributed by atoms with Crippen molar-refractivity contribution in [1.82, 2.24) is 29.5 Å². The Morgan fingerprint density at radius 2 is 2.02 bits per heavy atom. The van der Waals surface area contributed by atoms with Gasteiger partial charge >= 0.3 is 0 Å². The lowest BCUT2D eigenvalue weighted by molar-refractivity contribution is 0.0511. The third-order valence-electron chi connectivity index (χ3n) is 7.07. The van der Waals surface area contributed by atoms with E-state index >= 15 is 0 Å². The highest BCUT2D eigenvalue weighted by Gasteiger charge is 2.28. The van der Waals surface area contributed by atoms with Gasteiger partial charge < -0.3 is 15.2 Å². The lowest BCUT2D eigenvalue weighted by atomic mass is 10.0. The van der Waals surface area contributed by atoms with Gasteiger partial charge in [-0.1, -0.05) is 6.07 Å². The van der Waals surface area contributed by atoms with Crippen molar-refractivity contribution in [2.75, 3.05) is 25.5 Å². The third kappa shape index (κ3) is 5.91. The quantitative estimate of drug-likeness (QED) is 0.276. The van der Waals surface area contributed by atoms with E-state index in [0.29, 0.717) is 36.8 Å². The zero-order valence-electron chi connectivity index (χ0n) is 22.4. The number of pyridine rings is 2. The van der Waals surface area contributed by atoms with E-state index in [0.717, 1.165) is 35.1 Å². The van der Waals surface area contributed by atoms with Gasteiger partial charge in [0.05, 0.1) is 31.1 Å². The van der Waals surface area contributed by atoms with Crippen LogP contribution < -0.4 is 10.1 Å². The lowest BCUT2D eigenvalue weighted by Crippen LogP contribution is -2.45. The summed E-state index contributed by atoms with van der Waals surface area (Å²) in [4.78, 5) is 19.8. The number of aromatic nitrogens is 5. The summed E-state index contributed by atoms with van der Waals surface area (Å²) >= 11 is 0. The number of aliphatic imine (C=N–C) groups is 1. The summed E-state index contributed by atoms with van der Waals surface area (Å²) in [6.07, 6.45) is 8.12. The van der Waals surface area contributed by atoms with Gasteiger partial charge in [0.15, 0.2) is 11.6 Å². The highest BCUT2D eigenvalue weighted by Crippen LogP contribution is 2.28. The van der Waals surface area contributed by atoms with E-state index in [1.165, 1.54) is 6.20 Å². The number of hydrogen-bond acceptors (Lipinski definition) is 9. The fourth-order valence-electron chi connectivity index (χ4n) is 4.93. The predicted molar refractivity (Wildman–Crippen MR) is 154 cm³/mol. The molecule has 1 aliphatic heterocycles. The SMILES string of the molecule is COc1ccc(C=NC2CCN(Cc3ccn4nc(-c5ccccn5)nc(Nc5ccncc5F)c34)CC2O)cc1. The number of rotatable bonds is 8. The number of nitrogens with zero attached hydrogens (tertiary/aromatic N) is 7. The summed E-state index contributed by atoms with van der Waals surface area (Å²) < 4.78 is 21.5. The van der Waals surface area contributed by atoms with Crippen molar-refractivity contribution in [1.29, 1.82) is 0 Å². The Kier molecular flexibility index (Phi) is 7.61. The van der Waals surface area contributed by atoms with Crippen molar-refractivity contribution in [2.24, 2.45) is 4.99 Å². The first-order valence-corrected chi connectivity index (χ1v) is 13.3. The average Bonchev–Trinajstić information content (AvgIpc) is 3.41. The largest absolute Gasteiger partial charge is 0.497 e. The zero-order chi connectivity index (χ0) is 28.2. The number of nitrogens with one attached hydrogen (secondary N) is 1. The maximum Gasteiger partial charge on any atom is 0.200 e. The molecule has 0 bridgehead atoms. The molecule has 0 spiro atoms. The number of hydrogen-bond donors (Lipinski definition) is 2. The van der Waals surface area contributed by atoms with Crippen molar-refractivity contribution in [3.05, 3.63) is 96.3 Å². The summed E-state index contributed by atoms with van der Waals surface area (Å²) in [6, 6.07) is 16.5. The van der Waals surface area contributed by atoms with Crippen LogP contribution in [-0.4, -0.2) is 73.1 Å². The van der Waals surface area contributed by atoms with Crippen LogP contribution in [0.3, 0.4) is 0 Å². The van der Waals surface area contributed by atoms with Gasteiger partial charge in [-0.25, -0.2) is 13.9 Å². The summed E-state index contributed by atoms with van der Waals surface area (Å²) in [6.45, 7) is 1.78. The fraction of sp³-hybridized carbons (Fsp3) is 0.233. The van der Waals surface area contributed by atoms with Gasteiger partial charge in [0.25, 0.3) is 0 Å². The van der Waals surface area contributed by atoms with Crippen LogP contribution in [0.4, 0.5) is 15.9 Å². The van der Waals surface area contributed by atoms with Gasteiger partial charge in [0.1, 0.15) is 17.0 Å². The van der Waals surface area contributed by atoms with Gasteiger partial charge in [-0.15, -0.1) is 5.10 Å². The van der Waals surface area contributed by atoms with Gasteiger partial charge in [0.2, 0.25) is 5.82 Å². The number of aliphatic hydroxyl groups is 1. The topological polar surface area (TPSA) is 113 Å². The Morgan fingerprint density at radius 3 is 2.78 bits per heavy atom. The van der Waals surface area contributed by atoms with E-state index < -0.39 is 11.9 Å². The molecule has 0 aliphatic carbocycles. The molecule has 1 aromatic carbocycles. The normalized spacial score (nSPS) is 17.7. The number of benzene rings is 1. The first kappa shape index (κ1) is 26.5. The van der Waals surface area contributed by atoms with E-state index in [2.05, 4.69) is 30.3 Å². The molecule has 6 rings (SSSR count). The number of fused-ring (bicyclic) bond motifs is 1. The second-order valence-corrected chi connectivity index (χ2v) is 9.82. The van der Waals surface area contributed by atoms with E-state index in [1.807, 2.05) is 54.7 Å². The molecule has 11 heteroatoms. The van der Waals surface area contributed by atoms with Gasteiger partial charge in [0, 0.05) is 44.4 Å². The number of likely N-dealkylation sites (tertiary alicyclic amines) is 1. The summed E-state index contributed by atoms with van der Waals surface area (Å²) in [7, 11) is 1.63. The molecule has 1 saturated heterocycles. The number of aliphatic hydroxyl groups excluding tert-OH is 1. The molecular formula is C30H29FN8O2. The van der Waals surface area contributed by atoms with E-state index in [9.17, 15) is 9.50 Å². The molecule has 0 saturated carbocycles. The zero-order valence-corrected chi connectivity index (χ0v) is 22.4. The maximum atomic E-state index is 14.5. The van der Waals surface area contributed by atoms with Crippen LogP contribution in [0.15, 0.2) is 84.4 Å². The Labute approximate surface area is 236 Å². The molecule has 5 heterocycles. The number of β-amino-alcohol motifs (C(OH)–C–C–N with tert-alkyl or cyclic N) is 1. The molecule has 208 valence electrons. The van der Waals surface area contributed by atoms with Crippen LogP contribution in [0.2, 0.25) is 0 Å². The Balaban J connectivity index is 1.23. The monoisotopic (exact) mass is 552 g/mol. The average molecular weight is 553 g/mol. The maximum absolute atomic E-state index is 14.5. The number of halogens is 1. The molecule has 2 unspecified atom stereocenters. The molecular weight excluding hydrogens is 523 g/mol. The molecule has 0 amide bonds. The molecule has 10 nitrogen and oxygen atoms in total.